The number of aryl methyl sites for hydroxylation is 2. The molecule has 14 heavy (non-hydrogen) atoms. The maximum atomic E-state index is 11.1. The molecular weight excluding hydrogens is 174 g/mol. The van der Waals surface area contributed by atoms with Crippen LogP contribution in [0.5, 0.6) is 0 Å². The van der Waals surface area contributed by atoms with Crippen molar-refractivity contribution in [2.24, 2.45) is 0 Å². The highest BCUT2D eigenvalue weighted by atomic mass is 16.1. The van der Waals surface area contributed by atoms with E-state index in [-0.39, 0.29) is 5.91 Å². The summed E-state index contributed by atoms with van der Waals surface area (Å²) in [4.78, 5) is 11.1. The van der Waals surface area contributed by atoms with Crippen molar-refractivity contribution in [2.75, 3.05) is 6.54 Å². The molecule has 0 aliphatic carbocycles. The molecule has 0 saturated carbocycles. The Hall–Kier alpha value is -1.31. The second-order valence-corrected chi connectivity index (χ2v) is 4.05. The molecule has 0 aromatic heterocycles. The van der Waals surface area contributed by atoms with E-state index >= 15 is 0 Å². The molecule has 1 N–H and O–H groups in total. The highest BCUT2D eigenvalue weighted by Gasteiger charge is 2.22. The number of benzene rings is 1. The third-order valence-corrected chi connectivity index (χ3v) is 2.98. The van der Waals surface area contributed by atoms with Crippen molar-refractivity contribution in [1.29, 1.82) is 0 Å². The Morgan fingerprint density at radius 2 is 2.07 bits per heavy atom. The van der Waals surface area contributed by atoms with E-state index in [1.165, 1.54) is 16.7 Å². The molecule has 0 unspecified atom stereocenters. The van der Waals surface area contributed by atoms with Crippen LogP contribution in [0.15, 0.2) is 18.2 Å². The zero-order valence-electron chi connectivity index (χ0n) is 8.63. The molecule has 1 aromatic carbocycles. The summed E-state index contributed by atoms with van der Waals surface area (Å²) in [7, 11) is 0. The molecule has 1 fully saturated rings. The Morgan fingerprint density at radius 1 is 1.29 bits per heavy atom. The number of rotatable bonds is 1. The van der Waals surface area contributed by atoms with Gasteiger partial charge in [-0.2, -0.15) is 0 Å². The van der Waals surface area contributed by atoms with Crippen LogP contribution in [0.25, 0.3) is 0 Å². The quantitative estimate of drug-likeness (QED) is 0.718. The number of hydrogen-bond acceptors (Lipinski definition) is 1. The Labute approximate surface area is 84.3 Å². The molecule has 1 atom stereocenters. The number of carbonyl (C=O) groups excluding carboxylic acids is 1. The van der Waals surface area contributed by atoms with Gasteiger partial charge in [0, 0.05) is 18.9 Å². The molecule has 1 amide bonds. The fourth-order valence-electron chi connectivity index (χ4n) is 1.86. The summed E-state index contributed by atoms with van der Waals surface area (Å²) in [5.74, 6) is 0.551. The normalized spacial score (nSPS) is 21.0. The van der Waals surface area contributed by atoms with Gasteiger partial charge in [-0.25, -0.2) is 0 Å². The lowest BCUT2D eigenvalue weighted by Gasteiger charge is -2.09. The van der Waals surface area contributed by atoms with Gasteiger partial charge in [-0.3, -0.25) is 4.79 Å². The highest BCUT2D eigenvalue weighted by Crippen LogP contribution is 2.24. The molecule has 1 aromatic rings. The first-order valence-corrected chi connectivity index (χ1v) is 5.00. The van der Waals surface area contributed by atoms with Crippen LogP contribution in [-0.4, -0.2) is 12.5 Å². The van der Waals surface area contributed by atoms with Gasteiger partial charge in [0.25, 0.3) is 0 Å². The van der Waals surface area contributed by atoms with E-state index in [9.17, 15) is 4.79 Å². The first-order valence-electron chi connectivity index (χ1n) is 5.00. The van der Waals surface area contributed by atoms with Gasteiger partial charge in [0.2, 0.25) is 5.91 Å². The van der Waals surface area contributed by atoms with E-state index in [2.05, 4.69) is 37.4 Å². The Bertz CT molecular complexity index is 371. The minimum absolute atomic E-state index is 0.174. The molecule has 2 heteroatoms. The van der Waals surface area contributed by atoms with Crippen molar-refractivity contribution < 1.29 is 4.79 Å². The summed E-state index contributed by atoms with van der Waals surface area (Å²) >= 11 is 0. The first kappa shape index (κ1) is 9.25. The van der Waals surface area contributed by atoms with Crippen LogP contribution in [0.3, 0.4) is 0 Å². The third kappa shape index (κ3) is 1.65. The van der Waals surface area contributed by atoms with Gasteiger partial charge in [-0.15, -0.1) is 0 Å². The second kappa shape index (κ2) is 3.45. The molecular formula is C12H15NO. The molecule has 2 rings (SSSR count). The van der Waals surface area contributed by atoms with Gasteiger partial charge >= 0.3 is 0 Å². The number of carbonyl (C=O) groups is 1. The molecule has 1 aliphatic rings. The minimum atomic E-state index is 0.174. The van der Waals surface area contributed by atoms with Crippen LogP contribution < -0.4 is 5.32 Å². The van der Waals surface area contributed by atoms with E-state index in [0.717, 1.165) is 6.54 Å². The number of nitrogens with one attached hydrogen (secondary N) is 1. The fourth-order valence-corrected chi connectivity index (χ4v) is 1.86. The van der Waals surface area contributed by atoms with Gasteiger partial charge in [0.1, 0.15) is 0 Å². The molecule has 1 heterocycles. The Kier molecular flexibility index (Phi) is 2.28. The summed E-state index contributed by atoms with van der Waals surface area (Å²) in [6.07, 6.45) is 0.641. The molecule has 1 aliphatic heterocycles. The maximum absolute atomic E-state index is 11.1. The second-order valence-electron chi connectivity index (χ2n) is 4.05. The smallest absolute Gasteiger partial charge is 0.220 e. The molecule has 0 spiro atoms. The van der Waals surface area contributed by atoms with Crippen LogP contribution in [0.1, 0.15) is 29.0 Å². The number of amides is 1. The highest BCUT2D eigenvalue weighted by molar-refractivity contribution is 5.79. The van der Waals surface area contributed by atoms with Gasteiger partial charge < -0.3 is 5.32 Å². The maximum Gasteiger partial charge on any atom is 0.220 e. The third-order valence-electron chi connectivity index (χ3n) is 2.98. The van der Waals surface area contributed by atoms with Gasteiger partial charge in [0.15, 0.2) is 0 Å². The predicted molar refractivity (Wildman–Crippen MR) is 56.3 cm³/mol. The van der Waals surface area contributed by atoms with Crippen molar-refractivity contribution in [2.45, 2.75) is 26.2 Å². The van der Waals surface area contributed by atoms with Gasteiger partial charge in [-0.05, 0) is 30.5 Å². The number of hydrogen-bond donors (Lipinski definition) is 1. The summed E-state index contributed by atoms with van der Waals surface area (Å²) in [5, 5.41) is 2.86. The lowest BCUT2D eigenvalue weighted by atomic mass is 9.95. The largest absolute Gasteiger partial charge is 0.355 e. The average molecular weight is 189 g/mol. The van der Waals surface area contributed by atoms with Crippen LogP contribution in [0.2, 0.25) is 0 Å². The van der Waals surface area contributed by atoms with Crippen molar-refractivity contribution in [1.82, 2.24) is 5.32 Å². The minimum Gasteiger partial charge on any atom is -0.355 e. The van der Waals surface area contributed by atoms with Crippen LogP contribution >= 0.6 is 0 Å². The van der Waals surface area contributed by atoms with E-state index < -0.39 is 0 Å². The van der Waals surface area contributed by atoms with E-state index in [4.69, 9.17) is 0 Å². The summed E-state index contributed by atoms with van der Waals surface area (Å²) < 4.78 is 0. The average Bonchev–Trinajstić information content (AvgIpc) is 2.57. The standard InChI is InChI=1S/C12H15NO/c1-8-3-4-10(5-9(8)2)11-6-12(14)13-7-11/h3-5,11H,6-7H2,1-2H3,(H,13,14)/t11-/m0/s1. The molecule has 74 valence electrons. The molecule has 1 saturated heterocycles. The summed E-state index contributed by atoms with van der Waals surface area (Å²) in [6.45, 7) is 5.02. The van der Waals surface area contributed by atoms with Crippen molar-refractivity contribution in [3.05, 3.63) is 34.9 Å². The van der Waals surface area contributed by atoms with Crippen molar-refractivity contribution >= 4 is 5.91 Å². The predicted octanol–water partition coefficient (Wildman–Crippen LogP) is 1.91. The monoisotopic (exact) mass is 189 g/mol. The van der Waals surface area contributed by atoms with Crippen molar-refractivity contribution in [3.8, 4) is 0 Å². The van der Waals surface area contributed by atoms with E-state index in [1.807, 2.05) is 0 Å². The van der Waals surface area contributed by atoms with Crippen LogP contribution in [-0.2, 0) is 4.79 Å². The summed E-state index contributed by atoms with van der Waals surface area (Å²) in [6, 6.07) is 6.46. The van der Waals surface area contributed by atoms with Gasteiger partial charge in [0.05, 0.1) is 0 Å². The van der Waals surface area contributed by atoms with Crippen LogP contribution in [0, 0.1) is 13.8 Å². The zero-order chi connectivity index (χ0) is 10.1. The lowest BCUT2D eigenvalue weighted by molar-refractivity contribution is -0.119. The zero-order valence-corrected chi connectivity index (χ0v) is 8.63. The lowest BCUT2D eigenvalue weighted by Crippen LogP contribution is -2.13. The molecule has 0 bridgehead atoms. The first-order chi connectivity index (χ1) is 6.66. The Balaban J connectivity index is 2.24. The molecule has 2 nitrogen and oxygen atoms in total. The topological polar surface area (TPSA) is 29.1 Å². The van der Waals surface area contributed by atoms with E-state index in [0.29, 0.717) is 12.3 Å². The fraction of sp³-hybridized carbons (Fsp3) is 0.417. The van der Waals surface area contributed by atoms with Crippen LogP contribution in [0.4, 0.5) is 0 Å². The Morgan fingerprint density at radius 3 is 2.64 bits per heavy atom. The summed E-state index contributed by atoms with van der Waals surface area (Å²) in [5.41, 5.74) is 3.90. The molecule has 0 radical (unpaired) electrons. The SMILES string of the molecule is Cc1ccc([C@@H]2CNC(=O)C2)cc1C. The van der Waals surface area contributed by atoms with Gasteiger partial charge in [-0.1, -0.05) is 18.2 Å². The van der Waals surface area contributed by atoms with E-state index in [1.54, 1.807) is 0 Å². The van der Waals surface area contributed by atoms with Crippen molar-refractivity contribution in [3.63, 3.8) is 0 Å².